The van der Waals surface area contributed by atoms with E-state index in [1.165, 1.54) is 0 Å². The SMILES string of the molecule is CC(C)(C)OC(CCC=O)=NNC(N)=O. The Bertz CT molecular complexity index is 256. The van der Waals surface area contributed by atoms with Crippen molar-refractivity contribution in [3.63, 3.8) is 0 Å². The van der Waals surface area contributed by atoms with Crippen molar-refractivity contribution < 1.29 is 14.3 Å². The zero-order valence-corrected chi connectivity index (χ0v) is 9.24. The molecule has 86 valence electrons. The lowest BCUT2D eigenvalue weighted by atomic mass is 10.2. The number of hydrazone groups is 1. The van der Waals surface area contributed by atoms with Crippen molar-refractivity contribution in [3.8, 4) is 0 Å². The second kappa shape index (κ2) is 6.00. The summed E-state index contributed by atoms with van der Waals surface area (Å²) in [6.45, 7) is 5.52. The molecule has 0 aromatic rings. The van der Waals surface area contributed by atoms with E-state index in [1.807, 2.05) is 20.8 Å². The molecule has 2 amide bonds. The summed E-state index contributed by atoms with van der Waals surface area (Å²) in [4.78, 5) is 20.6. The molecule has 0 aliphatic rings. The van der Waals surface area contributed by atoms with Gasteiger partial charge in [-0.15, -0.1) is 5.10 Å². The van der Waals surface area contributed by atoms with Gasteiger partial charge in [-0.25, -0.2) is 10.2 Å². The smallest absolute Gasteiger partial charge is 0.332 e. The fraction of sp³-hybridized carbons (Fsp3) is 0.667. The van der Waals surface area contributed by atoms with Crippen LogP contribution in [0.1, 0.15) is 33.6 Å². The molecule has 0 bridgehead atoms. The topological polar surface area (TPSA) is 93.8 Å². The summed E-state index contributed by atoms with van der Waals surface area (Å²) >= 11 is 0. The zero-order chi connectivity index (χ0) is 11.9. The molecule has 0 rings (SSSR count). The molecule has 0 atom stereocenters. The molecule has 0 aliphatic carbocycles. The van der Waals surface area contributed by atoms with Crippen LogP contribution in [0.3, 0.4) is 0 Å². The van der Waals surface area contributed by atoms with E-state index in [4.69, 9.17) is 10.5 Å². The number of aldehydes is 1. The fourth-order valence-electron chi connectivity index (χ4n) is 0.783. The van der Waals surface area contributed by atoms with E-state index >= 15 is 0 Å². The predicted octanol–water partition coefficient (Wildman–Crippen LogP) is 0.762. The highest BCUT2D eigenvalue weighted by Crippen LogP contribution is 2.09. The number of carbonyl (C=O) groups is 2. The number of urea groups is 1. The number of nitrogens with zero attached hydrogens (tertiary/aromatic N) is 1. The van der Waals surface area contributed by atoms with E-state index in [2.05, 4.69) is 10.5 Å². The highest BCUT2D eigenvalue weighted by molar-refractivity contribution is 5.80. The van der Waals surface area contributed by atoms with E-state index in [9.17, 15) is 9.59 Å². The van der Waals surface area contributed by atoms with E-state index in [-0.39, 0.29) is 12.3 Å². The van der Waals surface area contributed by atoms with E-state index < -0.39 is 11.6 Å². The molecule has 0 unspecified atom stereocenters. The molecule has 0 aromatic heterocycles. The molecule has 6 nitrogen and oxygen atoms in total. The van der Waals surface area contributed by atoms with Crippen LogP contribution in [0.2, 0.25) is 0 Å². The van der Waals surface area contributed by atoms with Crippen LogP contribution in [-0.4, -0.2) is 23.8 Å². The Labute approximate surface area is 88.9 Å². The molecule has 0 saturated carbocycles. The van der Waals surface area contributed by atoms with E-state index in [0.717, 1.165) is 6.29 Å². The van der Waals surface area contributed by atoms with E-state index in [0.29, 0.717) is 6.42 Å². The van der Waals surface area contributed by atoms with Gasteiger partial charge in [0.15, 0.2) is 0 Å². The molecule has 0 fully saturated rings. The summed E-state index contributed by atoms with van der Waals surface area (Å²) in [5, 5.41) is 3.66. The minimum atomic E-state index is -0.767. The van der Waals surface area contributed by atoms with Crippen LogP contribution >= 0.6 is 0 Å². The largest absolute Gasteiger partial charge is 0.474 e. The predicted molar refractivity (Wildman–Crippen MR) is 56.3 cm³/mol. The van der Waals surface area contributed by atoms with Gasteiger partial charge in [0.2, 0.25) is 5.90 Å². The summed E-state index contributed by atoms with van der Waals surface area (Å²) in [6, 6.07) is -0.767. The third-order valence-electron chi connectivity index (χ3n) is 1.19. The number of rotatable bonds is 4. The number of nitrogens with two attached hydrogens (primary N) is 1. The van der Waals surface area contributed by atoms with Crippen molar-refractivity contribution in [2.75, 3.05) is 0 Å². The first-order valence-electron chi connectivity index (χ1n) is 4.60. The molecule has 0 saturated heterocycles. The number of primary amides is 1. The Balaban J connectivity index is 4.35. The number of carbonyl (C=O) groups excluding carboxylic acids is 2. The molecule has 6 heteroatoms. The lowest BCUT2D eigenvalue weighted by Gasteiger charge is -2.21. The third kappa shape index (κ3) is 8.73. The van der Waals surface area contributed by atoms with Gasteiger partial charge in [-0.1, -0.05) is 0 Å². The highest BCUT2D eigenvalue weighted by atomic mass is 16.5. The van der Waals surface area contributed by atoms with Crippen LogP contribution < -0.4 is 11.2 Å². The Morgan fingerprint density at radius 1 is 1.53 bits per heavy atom. The fourth-order valence-corrected chi connectivity index (χ4v) is 0.783. The molecule has 0 heterocycles. The maximum absolute atomic E-state index is 10.4. The maximum atomic E-state index is 10.4. The third-order valence-corrected chi connectivity index (χ3v) is 1.19. The zero-order valence-electron chi connectivity index (χ0n) is 9.24. The van der Waals surface area contributed by atoms with E-state index in [1.54, 1.807) is 0 Å². The summed E-state index contributed by atoms with van der Waals surface area (Å²) in [5.74, 6) is 0.286. The average molecular weight is 215 g/mol. The maximum Gasteiger partial charge on any atom is 0.332 e. The van der Waals surface area contributed by atoms with Crippen LogP contribution in [0.5, 0.6) is 0 Å². The van der Waals surface area contributed by atoms with Gasteiger partial charge in [0.05, 0.1) is 0 Å². The molecular formula is C9H17N3O3. The first kappa shape index (κ1) is 13.4. The van der Waals surface area contributed by atoms with Gasteiger partial charge in [-0.05, 0) is 20.8 Å². The Hall–Kier alpha value is -1.59. The molecule has 0 spiro atoms. The van der Waals surface area contributed by atoms with Crippen molar-refractivity contribution in [2.24, 2.45) is 10.8 Å². The molecule has 0 radical (unpaired) electrons. The number of hydrogen-bond donors (Lipinski definition) is 2. The molecule has 0 aromatic carbocycles. The normalized spacial score (nSPS) is 12.1. The van der Waals surface area contributed by atoms with Crippen LogP contribution in [0.15, 0.2) is 5.10 Å². The van der Waals surface area contributed by atoms with Gasteiger partial charge in [0.25, 0.3) is 0 Å². The standard InChI is InChI=1S/C9H17N3O3/c1-9(2,3)15-7(5-4-6-13)11-12-8(10)14/h6H,4-5H2,1-3H3,(H3,10,12,14). The monoisotopic (exact) mass is 215 g/mol. The van der Waals surface area contributed by atoms with Gasteiger partial charge < -0.3 is 15.3 Å². The van der Waals surface area contributed by atoms with Crippen LogP contribution in [0, 0.1) is 0 Å². The Kier molecular flexibility index (Phi) is 5.36. The van der Waals surface area contributed by atoms with Gasteiger partial charge >= 0.3 is 6.03 Å². The van der Waals surface area contributed by atoms with Crippen molar-refractivity contribution in [1.82, 2.24) is 5.43 Å². The van der Waals surface area contributed by atoms with Gasteiger partial charge in [-0.2, -0.15) is 0 Å². The van der Waals surface area contributed by atoms with Crippen LogP contribution in [-0.2, 0) is 9.53 Å². The van der Waals surface area contributed by atoms with Crippen molar-refractivity contribution >= 4 is 18.2 Å². The number of nitrogens with one attached hydrogen (secondary N) is 1. The quantitative estimate of drug-likeness (QED) is 0.314. The van der Waals surface area contributed by atoms with Gasteiger partial charge in [0.1, 0.15) is 11.9 Å². The Morgan fingerprint density at radius 3 is 2.53 bits per heavy atom. The minimum absolute atomic E-state index is 0.286. The summed E-state index contributed by atoms with van der Waals surface area (Å²) in [7, 11) is 0. The molecule has 3 N–H and O–H groups in total. The van der Waals surface area contributed by atoms with Crippen LogP contribution in [0.25, 0.3) is 0 Å². The molecular weight excluding hydrogens is 198 g/mol. The van der Waals surface area contributed by atoms with Crippen molar-refractivity contribution in [1.29, 1.82) is 0 Å². The van der Waals surface area contributed by atoms with Gasteiger partial charge in [0, 0.05) is 12.8 Å². The first-order chi connectivity index (χ1) is 6.85. The molecule has 0 aliphatic heterocycles. The van der Waals surface area contributed by atoms with Crippen molar-refractivity contribution in [3.05, 3.63) is 0 Å². The summed E-state index contributed by atoms with van der Waals surface area (Å²) in [5.41, 5.74) is 6.48. The second-order valence-electron chi connectivity index (χ2n) is 3.90. The second-order valence-corrected chi connectivity index (χ2v) is 3.90. The lowest BCUT2D eigenvalue weighted by molar-refractivity contribution is -0.107. The number of ether oxygens (including phenoxy) is 1. The lowest BCUT2D eigenvalue weighted by Crippen LogP contribution is -2.29. The first-order valence-corrected chi connectivity index (χ1v) is 4.60. The molecule has 15 heavy (non-hydrogen) atoms. The Morgan fingerprint density at radius 2 is 2.13 bits per heavy atom. The summed E-state index contributed by atoms with van der Waals surface area (Å²) < 4.78 is 5.41. The number of hydrogen-bond acceptors (Lipinski definition) is 4. The minimum Gasteiger partial charge on any atom is -0.474 e. The highest BCUT2D eigenvalue weighted by Gasteiger charge is 2.14. The van der Waals surface area contributed by atoms with Crippen LogP contribution in [0.4, 0.5) is 4.79 Å². The van der Waals surface area contributed by atoms with Gasteiger partial charge in [-0.3, -0.25) is 0 Å². The van der Waals surface area contributed by atoms with Crippen molar-refractivity contribution in [2.45, 2.75) is 39.2 Å². The summed E-state index contributed by atoms with van der Waals surface area (Å²) in [6.07, 6.45) is 1.38. The number of amides is 2. The average Bonchev–Trinajstić information content (AvgIpc) is 2.07.